The first-order valence-electron chi connectivity index (χ1n) is 8.07. The zero-order valence-electron chi connectivity index (χ0n) is 13.7. The van der Waals surface area contributed by atoms with Crippen LogP contribution in [0.5, 0.6) is 11.5 Å². The molecule has 0 aliphatic carbocycles. The maximum absolute atomic E-state index is 12.2. The third-order valence-electron chi connectivity index (χ3n) is 4.46. The molecule has 0 radical (unpaired) electrons. The Morgan fingerprint density at radius 2 is 1.87 bits per heavy atom. The van der Waals surface area contributed by atoms with E-state index in [4.69, 9.17) is 9.47 Å². The van der Waals surface area contributed by atoms with Gasteiger partial charge in [-0.3, -0.25) is 4.79 Å². The molecule has 2 aliphatic heterocycles. The Balaban J connectivity index is 1.53. The topological polar surface area (TPSA) is 38.8 Å². The fraction of sp³-hybridized carbons (Fsp3) is 0.389. The molecule has 1 fully saturated rings. The SMILES string of the molecule is C[Si]1(C)CCN(C(=O)C=CC=Cc2ccc3c(c2)OCO3)CC1. The molecule has 1 amide bonds. The molecular formula is C18H23NO3Si. The fourth-order valence-electron chi connectivity index (χ4n) is 2.76. The summed E-state index contributed by atoms with van der Waals surface area (Å²) in [4.78, 5) is 14.1. The molecule has 1 saturated heterocycles. The standard InChI is InChI=1S/C18H23NO3Si/c1-23(2)11-9-19(10-12-23)18(20)6-4-3-5-15-7-8-16-17(13-15)22-14-21-16/h3-8,13H,9-12,14H2,1-2H3. The van der Waals surface area contributed by atoms with Gasteiger partial charge in [0.05, 0.1) is 8.07 Å². The molecule has 0 spiro atoms. The summed E-state index contributed by atoms with van der Waals surface area (Å²) in [5, 5.41) is 0. The molecule has 1 aromatic rings. The average Bonchev–Trinajstić information content (AvgIpc) is 2.99. The van der Waals surface area contributed by atoms with Gasteiger partial charge in [0, 0.05) is 19.2 Å². The lowest BCUT2D eigenvalue weighted by atomic mass is 10.2. The van der Waals surface area contributed by atoms with Crippen molar-refractivity contribution in [2.75, 3.05) is 19.9 Å². The van der Waals surface area contributed by atoms with E-state index in [1.807, 2.05) is 41.3 Å². The van der Waals surface area contributed by atoms with Crippen LogP contribution in [0.15, 0.2) is 36.4 Å². The van der Waals surface area contributed by atoms with Gasteiger partial charge in [0.15, 0.2) is 11.5 Å². The first-order chi connectivity index (χ1) is 11.0. The summed E-state index contributed by atoms with van der Waals surface area (Å²) in [7, 11) is -1.02. The van der Waals surface area contributed by atoms with Crippen molar-refractivity contribution in [3.05, 3.63) is 42.0 Å². The second-order valence-electron chi connectivity index (χ2n) is 6.82. The predicted molar refractivity (Wildman–Crippen MR) is 94.4 cm³/mol. The van der Waals surface area contributed by atoms with E-state index in [0.29, 0.717) is 0 Å². The van der Waals surface area contributed by atoms with Crippen molar-refractivity contribution in [2.45, 2.75) is 25.2 Å². The molecule has 23 heavy (non-hydrogen) atoms. The second kappa shape index (κ2) is 6.62. The minimum atomic E-state index is -1.02. The van der Waals surface area contributed by atoms with Gasteiger partial charge < -0.3 is 14.4 Å². The van der Waals surface area contributed by atoms with Gasteiger partial charge in [-0.25, -0.2) is 0 Å². The van der Waals surface area contributed by atoms with E-state index in [9.17, 15) is 4.79 Å². The van der Waals surface area contributed by atoms with E-state index < -0.39 is 8.07 Å². The highest BCUT2D eigenvalue weighted by atomic mass is 28.3. The Labute approximate surface area is 138 Å². The van der Waals surface area contributed by atoms with Crippen LogP contribution in [-0.2, 0) is 4.79 Å². The zero-order chi connectivity index (χ0) is 16.3. The van der Waals surface area contributed by atoms with Gasteiger partial charge in [-0.1, -0.05) is 37.4 Å². The number of carbonyl (C=O) groups excluding carboxylic acids is 1. The molecule has 2 aliphatic rings. The van der Waals surface area contributed by atoms with E-state index in [-0.39, 0.29) is 12.7 Å². The van der Waals surface area contributed by atoms with Crippen LogP contribution < -0.4 is 9.47 Å². The molecule has 0 N–H and O–H groups in total. The van der Waals surface area contributed by atoms with Gasteiger partial charge in [-0.2, -0.15) is 0 Å². The number of amides is 1. The first kappa shape index (κ1) is 15.9. The zero-order valence-corrected chi connectivity index (χ0v) is 14.7. The highest BCUT2D eigenvalue weighted by Gasteiger charge is 2.28. The Morgan fingerprint density at radius 3 is 2.65 bits per heavy atom. The molecule has 0 unspecified atom stereocenters. The Morgan fingerprint density at radius 1 is 1.13 bits per heavy atom. The number of nitrogens with zero attached hydrogens (tertiary/aromatic N) is 1. The summed E-state index contributed by atoms with van der Waals surface area (Å²) >= 11 is 0. The summed E-state index contributed by atoms with van der Waals surface area (Å²) in [6.45, 7) is 6.91. The number of rotatable bonds is 3. The highest BCUT2D eigenvalue weighted by Crippen LogP contribution is 2.32. The van der Waals surface area contributed by atoms with Gasteiger partial charge in [0.2, 0.25) is 12.7 Å². The first-order valence-corrected chi connectivity index (χ1v) is 11.5. The van der Waals surface area contributed by atoms with Crippen molar-refractivity contribution >= 4 is 20.1 Å². The van der Waals surface area contributed by atoms with Gasteiger partial charge in [-0.05, 0) is 29.8 Å². The number of carbonyl (C=O) groups is 1. The van der Waals surface area contributed by atoms with Crippen LogP contribution in [0, 0.1) is 0 Å². The molecular weight excluding hydrogens is 306 g/mol. The number of fused-ring (bicyclic) bond motifs is 1. The van der Waals surface area contributed by atoms with E-state index in [0.717, 1.165) is 30.2 Å². The van der Waals surface area contributed by atoms with Crippen LogP contribution in [-0.4, -0.2) is 38.8 Å². The molecule has 122 valence electrons. The van der Waals surface area contributed by atoms with Crippen molar-refractivity contribution < 1.29 is 14.3 Å². The van der Waals surface area contributed by atoms with Crippen LogP contribution in [0.4, 0.5) is 0 Å². The number of ether oxygens (including phenoxy) is 2. The molecule has 0 aromatic heterocycles. The van der Waals surface area contributed by atoms with Gasteiger partial charge in [0.1, 0.15) is 0 Å². The lowest BCUT2D eigenvalue weighted by molar-refractivity contribution is -0.125. The van der Waals surface area contributed by atoms with Crippen molar-refractivity contribution in [3.63, 3.8) is 0 Å². The molecule has 0 atom stereocenters. The largest absolute Gasteiger partial charge is 0.454 e. The maximum atomic E-state index is 12.2. The minimum Gasteiger partial charge on any atom is -0.454 e. The Hall–Kier alpha value is -2.01. The smallest absolute Gasteiger partial charge is 0.246 e. The number of benzene rings is 1. The molecule has 0 bridgehead atoms. The average molecular weight is 329 g/mol. The molecule has 3 rings (SSSR count). The monoisotopic (exact) mass is 329 g/mol. The lowest BCUT2D eigenvalue weighted by Crippen LogP contribution is -2.44. The van der Waals surface area contributed by atoms with E-state index >= 15 is 0 Å². The second-order valence-corrected chi connectivity index (χ2v) is 12.1. The number of hydrogen-bond acceptors (Lipinski definition) is 3. The number of hydrogen-bond donors (Lipinski definition) is 0. The van der Waals surface area contributed by atoms with E-state index in [1.54, 1.807) is 6.08 Å². The van der Waals surface area contributed by atoms with Crippen LogP contribution in [0.25, 0.3) is 6.08 Å². The summed E-state index contributed by atoms with van der Waals surface area (Å²) in [5.41, 5.74) is 1.03. The predicted octanol–water partition coefficient (Wildman–Crippen LogP) is 3.54. The summed E-state index contributed by atoms with van der Waals surface area (Å²) in [6, 6.07) is 8.22. The highest BCUT2D eigenvalue weighted by molar-refractivity contribution is 6.77. The van der Waals surface area contributed by atoms with Gasteiger partial charge >= 0.3 is 0 Å². The van der Waals surface area contributed by atoms with E-state index in [2.05, 4.69) is 13.1 Å². The van der Waals surface area contributed by atoms with Crippen LogP contribution in [0.2, 0.25) is 25.2 Å². The van der Waals surface area contributed by atoms with E-state index in [1.165, 1.54) is 12.1 Å². The van der Waals surface area contributed by atoms with Crippen molar-refractivity contribution in [1.29, 1.82) is 0 Å². The van der Waals surface area contributed by atoms with Gasteiger partial charge in [0.25, 0.3) is 0 Å². The molecule has 1 aromatic carbocycles. The normalized spacial score (nSPS) is 19.7. The molecule has 2 heterocycles. The van der Waals surface area contributed by atoms with Crippen molar-refractivity contribution in [1.82, 2.24) is 4.90 Å². The summed E-state index contributed by atoms with van der Waals surface area (Å²) < 4.78 is 10.6. The Kier molecular flexibility index (Phi) is 4.57. The maximum Gasteiger partial charge on any atom is 0.246 e. The molecule has 5 heteroatoms. The summed E-state index contributed by atoms with van der Waals surface area (Å²) in [5.74, 6) is 1.67. The molecule has 4 nitrogen and oxygen atoms in total. The van der Waals surface area contributed by atoms with Crippen molar-refractivity contribution in [3.8, 4) is 11.5 Å². The van der Waals surface area contributed by atoms with Crippen LogP contribution >= 0.6 is 0 Å². The third-order valence-corrected chi connectivity index (χ3v) is 7.62. The van der Waals surface area contributed by atoms with Crippen molar-refractivity contribution in [2.24, 2.45) is 0 Å². The summed E-state index contributed by atoms with van der Waals surface area (Å²) in [6.07, 6.45) is 7.31. The van der Waals surface area contributed by atoms with Crippen LogP contribution in [0.3, 0.4) is 0 Å². The molecule has 0 saturated carbocycles. The Bertz CT molecular complexity index is 642. The fourth-order valence-corrected chi connectivity index (χ4v) is 4.76. The lowest BCUT2D eigenvalue weighted by Gasteiger charge is -2.35. The number of allylic oxidation sites excluding steroid dienone is 2. The third kappa shape index (κ3) is 4.04. The van der Waals surface area contributed by atoms with Gasteiger partial charge in [-0.15, -0.1) is 0 Å². The minimum absolute atomic E-state index is 0.116. The van der Waals surface area contributed by atoms with Crippen LogP contribution in [0.1, 0.15) is 5.56 Å². The quantitative estimate of drug-likeness (QED) is 0.484.